The topological polar surface area (TPSA) is 70.7 Å². The molecule has 0 aliphatic heterocycles. The number of benzene rings is 2. The third-order valence-electron chi connectivity index (χ3n) is 3.79. The van der Waals surface area contributed by atoms with Gasteiger partial charge in [-0.1, -0.05) is 46.3 Å². The lowest BCUT2D eigenvalue weighted by Crippen LogP contribution is -2.45. The number of ether oxygens (including phenoxy) is 1. The Morgan fingerprint density at radius 2 is 1.77 bits per heavy atom. The van der Waals surface area contributed by atoms with Gasteiger partial charge in [-0.3, -0.25) is 15.0 Å². The molecule has 0 saturated carbocycles. The second-order valence-corrected chi connectivity index (χ2v) is 6.58. The molecule has 0 heterocycles. The maximum atomic E-state index is 12.6. The van der Waals surface area contributed by atoms with Gasteiger partial charge in [0.1, 0.15) is 18.4 Å². The molecule has 0 aliphatic carbocycles. The second kappa shape index (κ2) is 9.94. The lowest BCUT2D eigenvalue weighted by Gasteiger charge is -2.27. The molecule has 26 heavy (non-hydrogen) atoms. The zero-order valence-corrected chi connectivity index (χ0v) is 16.3. The number of halogens is 1. The Bertz CT molecular complexity index is 723. The van der Waals surface area contributed by atoms with E-state index in [0.717, 1.165) is 15.8 Å². The number of urea groups is 1. The minimum Gasteiger partial charge on any atom is -0.492 e. The normalized spacial score (nSPS) is 11.7. The van der Waals surface area contributed by atoms with Crippen LogP contribution < -0.4 is 15.4 Å². The predicted octanol–water partition coefficient (Wildman–Crippen LogP) is 2.96. The fourth-order valence-corrected chi connectivity index (χ4v) is 2.72. The molecule has 2 rings (SSSR count). The summed E-state index contributed by atoms with van der Waals surface area (Å²) in [6.45, 7) is 0.922. The summed E-state index contributed by atoms with van der Waals surface area (Å²) in [5, 5.41) is 4.74. The lowest BCUT2D eigenvalue weighted by molar-refractivity contribution is -0.125. The summed E-state index contributed by atoms with van der Waals surface area (Å²) in [7, 11) is 3.29. The first-order valence-electron chi connectivity index (χ1n) is 8.17. The summed E-state index contributed by atoms with van der Waals surface area (Å²) in [5.41, 5.74) is 0.806. The fraction of sp³-hybridized carbons (Fsp3) is 0.263. The van der Waals surface area contributed by atoms with Crippen LogP contribution >= 0.6 is 15.9 Å². The van der Waals surface area contributed by atoms with Gasteiger partial charge in [-0.2, -0.15) is 0 Å². The number of carbonyl (C=O) groups excluding carboxylic acids is 2. The maximum absolute atomic E-state index is 12.6. The molecule has 6 nitrogen and oxygen atoms in total. The molecule has 0 spiro atoms. The van der Waals surface area contributed by atoms with E-state index in [4.69, 9.17) is 4.74 Å². The standard InChI is InChI=1S/C19H22BrN3O3/c1-21-19(25)22-18(24)17(14-6-4-3-5-7-14)23(2)12-13-26-16-10-8-15(20)9-11-16/h3-11,17H,12-13H2,1-2H3,(H2,21,22,24,25)/t17-/m1/s1. The van der Waals surface area contributed by atoms with E-state index in [1.54, 1.807) is 0 Å². The van der Waals surface area contributed by atoms with Crippen LogP contribution in [0.3, 0.4) is 0 Å². The minimum atomic E-state index is -0.595. The molecule has 0 unspecified atom stereocenters. The van der Waals surface area contributed by atoms with Crippen molar-refractivity contribution in [2.45, 2.75) is 6.04 Å². The van der Waals surface area contributed by atoms with Crippen LogP contribution in [0.4, 0.5) is 4.79 Å². The van der Waals surface area contributed by atoms with Crippen molar-refractivity contribution in [1.29, 1.82) is 0 Å². The van der Waals surface area contributed by atoms with E-state index < -0.39 is 12.1 Å². The highest BCUT2D eigenvalue weighted by Gasteiger charge is 2.26. The van der Waals surface area contributed by atoms with Gasteiger partial charge in [0.15, 0.2) is 0 Å². The molecule has 7 heteroatoms. The molecule has 138 valence electrons. The summed E-state index contributed by atoms with van der Waals surface area (Å²) in [5.74, 6) is 0.370. The van der Waals surface area contributed by atoms with Crippen molar-refractivity contribution in [1.82, 2.24) is 15.5 Å². The first-order valence-corrected chi connectivity index (χ1v) is 8.96. The SMILES string of the molecule is CNC(=O)NC(=O)[C@@H](c1ccccc1)N(C)CCOc1ccc(Br)cc1. The molecular weight excluding hydrogens is 398 g/mol. The van der Waals surface area contributed by atoms with E-state index in [9.17, 15) is 9.59 Å². The van der Waals surface area contributed by atoms with Gasteiger partial charge in [0, 0.05) is 18.1 Å². The monoisotopic (exact) mass is 419 g/mol. The molecule has 2 aromatic carbocycles. The first kappa shape index (κ1) is 19.9. The molecule has 3 amide bonds. The van der Waals surface area contributed by atoms with Crippen LogP contribution in [0.5, 0.6) is 5.75 Å². The summed E-state index contributed by atoms with van der Waals surface area (Å²) in [6, 6.07) is 15.8. The van der Waals surface area contributed by atoms with Gasteiger partial charge in [-0.25, -0.2) is 4.79 Å². The average Bonchev–Trinajstić information content (AvgIpc) is 2.64. The lowest BCUT2D eigenvalue weighted by atomic mass is 10.0. The van der Waals surface area contributed by atoms with E-state index in [-0.39, 0.29) is 5.91 Å². The predicted molar refractivity (Wildman–Crippen MR) is 104 cm³/mol. The van der Waals surface area contributed by atoms with Gasteiger partial charge in [0.05, 0.1) is 0 Å². The Balaban J connectivity index is 2.02. The molecule has 2 aromatic rings. The maximum Gasteiger partial charge on any atom is 0.321 e. The smallest absolute Gasteiger partial charge is 0.321 e. The van der Waals surface area contributed by atoms with Crippen molar-refractivity contribution in [3.8, 4) is 5.75 Å². The Hall–Kier alpha value is -2.38. The molecule has 0 aromatic heterocycles. The molecule has 0 aliphatic rings. The van der Waals surface area contributed by atoms with Crippen LogP contribution in [0.1, 0.15) is 11.6 Å². The number of hydrogen-bond donors (Lipinski definition) is 2. The Morgan fingerprint density at radius 1 is 1.12 bits per heavy atom. The van der Waals surface area contributed by atoms with Crippen molar-refractivity contribution in [3.05, 3.63) is 64.6 Å². The molecule has 2 N–H and O–H groups in total. The zero-order valence-electron chi connectivity index (χ0n) is 14.7. The van der Waals surface area contributed by atoms with Crippen molar-refractivity contribution in [2.75, 3.05) is 27.2 Å². The van der Waals surface area contributed by atoms with Crippen LogP contribution in [0.15, 0.2) is 59.1 Å². The number of likely N-dealkylation sites (N-methyl/N-ethyl adjacent to an activating group) is 1. The Labute approximate surface area is 161 Å². The summed E-state index contributed by atoms with van der Waals surface area (Å²) >= 11 is 3.38. The summed E-state index contributed by atoms with van der Waals surface area (Å²) in [4.78, 5) is 25.9. The summed E-state index contributed by atoms with van der Waals surface area (Å²) in [6.07, 6.45) is 0. The van der Waals surface area contributed by atoms with Gasteiger partial charge < -0.3 is 10.1 Å². The highest BCUT2D eigenvalue weighted by atomic mass is 79.9. The van der Waals surface area contributed by atoms with Crippen molar-refractivity contribution in [3.63, 3.8) is 0 Å². The van der Waals surface area contributed by atoms with Crippen LogP contribution in [-0.2, 0) is 4.79 Å². The number of rotatable bonds is 7. The van der Waals surface area contributed by atoms with Gasteiger partial charge >= 0.3 is 6.03 Å². The van der Waals surface area contributed by atoms with Crippen LogP contribution in [-0.4, -0.2) is 44.1 Å². The molecular formula is C19H22BrN3O3. The Kier molecular flexibility index (Phi) is 7.62. The summed E-state index contributed by atoms with van der Waals surface area (Å²) < 4.78 is 6.71. The third kappa shape index (κ3) is 5.86. The van der Waals surface area contributed by atoms with Crippen molar-refractivity contribution < 1.29 is 14.3 Å². The van der Waals surface area contributed by atoms with Gasteiger partial charge in [-0.05, 0) is 36.9 Å². The number of nitrogens with zero attached hydrogens (tertiary/aromatic N) is 1. The van der Waals surface area contributed by atoms with Gasteiger partial charge in [0.25, 0.3) is 0 Å². The molecule has 1 atom stereocenters. The van der Waals surface area contributed by atoms with Crippen LogP contribution in [0, 0.1) is 0 Å². The number of amides is 3. The number of hydrogen-bond acceptors (Lipinski definition) is 4. The fourth-order valence-electron chi connectivity index (χ4n) is 2.45. The second-order valence-electron chi connectivity index (χ2n) is 5.66. The van der Waals surface area contributed by atoms with Crippen molar-refractivity contribution in [2.24, 2.45) is 0 Å². The van der Waals surface area contributed by atoms with Gasteiger partial charge in [0.2, 0.25) is 5.91 Å². The van der Waals surface area contributed by atoms with E-state index in [1.165, 1.54) is 7.05 Å². The number of nitrogens with one attached hydrogen (secondary N) is 2. The molecule has 0 bridgehead atoms. The van der Waals surface area contributed by atoms with Crippen molar-refractivity contribution >= 4 is 27.9 Å². The molecule has 0 fully saturated rings. The first-order chi connectivity index (χ1) is 12.5. The molecule has 0 saturated heterocycles. The van der Waals surface area contributed by atoms with E-state index >= 15 is 0 Å². The third-order valence-corrected chi connectivity index (χ3v) is 4.32. The highest BCUT2D eigenvalue weighted by Crippen LogP contribution is 2.20. The van der Waals surface area contributed by atoms with Crippen LogP contribution in [0.25, 0.3) is 0 Å². The Morgan fingerprint density at radius 3 is 2.38 bits per heavy atom. The quantitative estimate of drug-likeness (QED) is 0.723. The average molecular weight is 420 g/mol. The molecule has 0 radical (unpaired) electrons. The van der Waals surface area contributed by atoms with E-state index in [2.05, 4.69) is 26.6 Å². The van der Waals surface area contributed by atoms with E-state index in [1.807, 2.05) is 66.5 Å². The zero-order chi connectivity index (χ0) is 18.9. The number of imide groups is 1. The largest absolute Gasteiger partial charge is 0.492 e. The van der Waals surface area contributed by atoms with E-state index in [0.29, 0.717) is 13.2 Å². The minimum absolute atomic E-state index is 0.387. The van der Waals surface area contributed by atoms with Gasteiger partial charge in [-0.15, -0.1) is 0 Å². The highest BCUT2D eigenvalue weighted by molar-refractivity contribution is 9.10. The number of carbonyl (C=O) groups is 2. The van der Waals surface area contributed by atoms with Crippen LogP contribution in [0.2, 0.25) is 0 Å².